The maximum Gasteiger partial charge on any atom is 0.337 e. The summed E-state index contributed by atoms with van der Waals surface area (Å²) in [6.07, 6.45) is 0. The minimum Gasteiger partial charge on any atom is -0.465 e. The minimum atomic E-state index is -0.545. The number of esters is 1. The number of anilines is 1. The fourth-order valence-corrected chi connectivity index (χ4v) is 2.17. The van der Waals surface area contributed by atoms with E-state index in [9.17, 15) is 9.59 Å². The fourth-order valence-electron chi connectivity index (χ4n) is 2.04. The van der Waals surface area contributed by atoms with Crippen LogP contribution in [0.5, 0.6) is 11.5 Å². The average molecular weight is 384 g/mol. The Morgan fingerprint density at radius 2 is 1.37 bits per heavy atom. The third-order valence-corrected chi connectivity index (χ3v) is 3.64. The van der Waals surface area contributed by atoms with Crippen LogP contribution in [0.4, 0.5) is 5.69 Å². The number of hydrogen-bond acceptors (Lipinski definition) is 5. The van der Waals surface area contributed by atoms with Gasteiger partial charge in [-0.15, -0.1) is 0 Å². The zero-order valence-corrected chi connectivity index (χ0v) is 15.3. The molecule has 0 unspecified atom stereocenters. The number of nitrogen functional groups attached to an aromatic ring is 1. The molecular weight excluding hydrogens is 366 g/mol. The van der Waals surface area contributed by atoms with Crippen LogP contribution in [0.3, 0.4) is 0 Å². The maximum absolute atomic E-state index is 11.0. The van der Waals surface area contributed by atoms with Gasteiger partial charge in [0.05, 0.1) is 18.4 Å². The molecule has 2 N–H and O–H groups in total. The third kappa shape index (κ3) is 6.17. The topological polar surface area (TPSA) is 78.6 Å². The van der Waals surface area contributed by atoms with Crippen molar-refractivity contribution in [3.63, 3.8) is 0 Å². The van der Waals surface area contributed by atoms with E-state index in [-0.39, 0.29) is 0 Å². The van der Waals surface area contributed by atoms with Crippen LogP contribution in [0.25, 0.3) is 0 Å². The molecule has 0 radical (unpaired) electrons. The summed E-state index contributed by atoms with van der Waals surface area (Å²) in [6, 6.07) is 23.0. The Hall–Kier alpha value is -3.31. The number of ether oxygens (including phenoxy) is 2. The number of halogens is 1. The first-order valence-electron chi connectivity index (χ1n) is 7.97. The number of benzene rings is 3. The highest BCUT2D eigenvalue weighted by atomic mass is 35.5. The van der Waals surface area contributed by atoms with Crippen LogP contribution in [0, 0.1) is 0 Å². The average Bonchev–Trinajstić information content (AvgIpc) is 2.70. The highest BCUT2D eigenvalue weighted by Gasteiger charge is 2.06. The Labute approximate surface area is 162 Å². The molecule has 0 saturated heterocycles. The van der Waals surface area contributed by atoms with Crippen molar-refractivity contribution in [2.45, 2.75) is 0 Å². The Balaban J connectivity index is 0.000000194. The Kier molecular flexibility index (Phi) is 7.40. The van der Waals surface area contributed by atoms with Crippen molar-refractivity contribution in [1.29, 1.82) is 0 Å². The van der Waals surface area contributed by atoms with Crippen molar-refractivity contribution in [2.75, 3.05) is 12.8 Å². The fraction of sp³-hybridized carbons (Fsp3) is 0.0476. The van der Waals surface area contributed by atoms with Gasteiger partial charge in [0, 0.05) is 5.56 Å². The molecule has 3 aromatic carbocycles. The van der Waals surface area contributed by atoms with Crippen molar-refractivity contribution in [3.8, 4) is 11.5 Å². The standard InChI is InChI=1S/C12H11NO.C9H7ClO3/c13-11-8-4-5-9-12(11)14-10-6-2-1-3-7-10;1-13-9(12)7-4-2-6(3-5-7)8(10)11/h1-9H,13H2;2-5H,1H3. The summed E-state index contributed by atoms with van der Waals surface area (Å²) in [5.74, 6) is 1.05. The molecule has 5 nitrogen and oxygen atoms in total. The number of para-hydroxylation sites is 3. The summed E-state index contributed by atoms with van der Waals surface area (Å²) < 4.78 is 10.1. The van der Waals surface area contributed by atoms with Crippen LogP contribution < -0.4 is 10.5 Å². The Bertz CT molecular complexity index is 896. The van der Waals surface area contributed by atoms with Gasteiger partial charge in [-0.05, 0) is 60.1 Å². The summed E-state index contributed by atoms with van der Waals surface area (Å²) in [4.78, 5) is 21.6. The molecule has 27 heavy (non-hydrogen) atoms. The van der Waals surface area contributed by atoms with Crippen LogP contribution in [-0.2, 0) is 4.74 Å². The van der Waals surface area contributed by atoms with Gasteiger partial charge in [0.2, 0.25) is 0 Å². The smallest absolute Gasteiger partial charge is 0.337 e. The molecule has 138 valence electrons. The molecule has 0 heterocycles. The highest BCUT2D eigenvalue weighted by Crippen LogP contribution is 2.26. The quantitative estimate of drug-likeness (QED) is 0.393. The van der Waals surface area contributed by atoms with Gasteiger partial charge in [-0.2, -0.15) is 0 Å². The van der Waals surface area contributed by atoms with Crippen molar-refractivity contribution >= 4 is 28.5 Å². The lowest BCUT2D eigenvalue weighted by Gasteiger charge is -2.07. The molecule has 0 spiro atoms. The number of nitrogens with two attached hydrogens (primary N) is 1. The van der Waals surface area contributed by atoms with Crippen molar-refractivity contribution in [1.82, 2.24) is 0 Å². The number of hydrogen-bond donors (Lipinski definition) is 1. The predicted molar refractivity (Wildman–Crippen MR) is 105 cm³/mol. The van der Waals surface area contributed by atoms with Gasteiger partial charge < -0.3 is 15.2 Å². The largest absolute Gasteiger partial charge is 0.465 e. The molecular formula is C21H18ClNO4. The Morgan fingerprint density at radius 3 is 1.93 bits per heavy atom. The van der Waals surface area contributed by atoms with Crippen LogP contribution >= 0.6 is 11.6 Å². The lowest BCUT2D eigenvalue weighted by molar-refractivity contribution is 0.0600. The number of carbonyl (C=O) groups excluding carboxylic acids is 2. The first-order chi connectivity index (χ1) is 13.0. The molecule has 0 saturated carbocycles. The first kappa shape index (κ1) is 20.0. The molecule has 0 aliphatic rings. The summed E-state index contributed by atoms with van der Waals surface area (Å²) in [7, 11) is 1.29. The predicted octanol–water partition coefficient (Wildman–Crippen LogP) is 4.91. The second-order valence-electron chi connectivity index (χ2n) is 5.30. The second-order valence-corrected chi connectivity index (χ2v) is 5.64. The van der Waals surface area contributed by atoms with Crippen LogP contribution in [0.1, 0.15) is 20.7 Å². The minimum absolute atomic E-state index is 0.356. The van der Waals surface area contributed by atoms with E-state index in [1.54, 1.807) is 0 Å². The highest BCUT2D eigenvalue weighted by molar-refractivity contribution is 6.67. The van der Waals surface area contributed by atoms with Gasteiger partial charge >= 0.3 is 5.97 Å². The van der Waals surface area contributed by atoms with Gasteiger partial charge in [-0.1, -0.05) is 30.3 Å². The molecule has 0 bridgehead atoms. The van der Waals surface area contributed by atoms with Crippen LogP contribution in [0.15, 0.2) is 78.9 Å². The summed E-state index contributed by atoms with van der Waals surface area (Å²) in [6.45, 7) is 0. The molecule has 6 heteroatoms. The first-order valence-corrected chi connectivity index (χ1v) is 8.34. The SMILES string of the molecule is COC(=O)c1ccc(C(=O)Cl)cc1.Nc1ccccc1Oc1ccccc1. The van der Waals surface area contributed by atoms with E-state index in [1.165, 1.54) is 31.4 Å². The number of carbonyl (C=O) groups is 2. The molecule has 0 aliphatic heterocycles. The van der Waals surface area contributed by atoms with E-state index >= 15 is 0 Å². The molecule has 0 aromatic heterocycles. The van der Waals surface area contributed by atoms with E-state index in [0.29, 0.717) is 22.6 Å². The van der Waals surface area contributed by atoms with Gasteiger partial charge in [0.15, 0.2) is 0 Å². The van der Waals surface area contributed by atoms with Gasteiger partial charge in [-0.25, -0.2) is 4.79 Å². The molecule has 0 atom stereocenters. The zero-order valence-electron chi connectivity index (χ0n) is 14.6. The van der Waals surface area contributed by atoms with Crippen LogP contribution in [-0.4, -0.2) is 18.3 Å². The zero-order chi connectivity index (χ0) is 19.6. The maximum atomic E-state index is 11.0. The van der Waals surface area contributed by atoms with Crippen molar-refractivity contribution < 1.29 is 19.1 Å². The number of methoxy groups -OCH3 is 1. The molecule has 0 fully saturated rings. The van der Waals surface area contributed by atoms with Gasteiger partial charge in [-0.3, -0.25) is 4.79 Å². The monoisotopic (exact) mass is 383 g/mol. The molecule has 0 aliphatic carbocycles. The van der Waals surface area contributed by atoms with E-state index < -0.39 is 11.2 Å². The van der Waals surface area contributed by atoms with E-state index in [4.69, 9.17) is 22.1 Å². The summed E-state index contributed by atoms with van der Waals surface area (Å²) >= 11 is 5.21. The molecule has 0 amide bonds. The van der Waals surface area contributed by atoms with E-state index in [1.807, 2.05) is 54.6 Å². The second kappa shape index (κ2) is 9.99. The summed E-state index contributed by atoms with van der Waals surface area (Å²) in [5, 5.41) is -0.545. The van der Waals surface area contributed by atoms with Crippen molar-refractivity contribution in [3.05, 3.63) is 90.0 Å². The van der Waals surface area contributed by atoms with E-state index in [2.05, 4.69) is 4.74 Å². The summed E-state index contributed by atoms with van der Waals surface area (Å²) in [5.41, 5.74) is 7.14. The third-order valence-electron chi connectivity index (χ3n) is 3.42. The normalized spacial score (nSPS) is 9.56. The van der Waals surface area contributed by atoms with Crippen molar-refractivity contribution in [2.24, 2.45) is 0 Å². The van der Waals surface area contributed by atoms with Crippen LogP contribution in [0.2, 0.25) is 0 Å². The number of rotatable bonds is 4. The molecule has 3 rings (SSSR count). The Morgan fingerprint density at radius 1 is 0.815 bits per heavy atom. The van der Waals surface area contributed by atoms with E-state index in [0.717, 1.165) is 5.75 Å². The van der Waals surface area contributed by atoms with Gasteiger partial charge in [0.25, 0.3) is 5.24 Å². The lowest BCUT2D eigenvalue weighted by atomic mass is 10.1. The lowest BCUT2D eigenvalue weighted by Crippen LogP contribution is -2.01. The molecule has 3 aromatic rings. The van der Waals surface area contributed by atoms with Gasteiger partial charge in [0.1, 0.15) is 11.5 Å².